The molecule has 6 nitrogen and oxygen atoms in total. The molecular formula is C27H30FN3O3S. The van der Waals surface area contributed by atoms with Crippen LogP contribution in [0.4, 0.5) is 4.39 Å². The Bertz CT molecular complexity index is 1400. The molecule has 8 heteroatoms. The van der Waals surface area contributed by atoms with Crippen LogP contribution >= 0.6 is 0 Å². The molecule has 3 aromatic rings. The Kier molecular flexibility index (Phi) is 6.13. The molecule has 184 valence electrons. The number of halogens is 1. The van der Waals surface area contributed by atoms with Gasteiger partial charge in [0, 0.05) is 36.4 Å². The highest BCUT2D eigenvalue weighted by Gasteiger charge is 2.56. The maximum absolute atomic E-state index is 14.6. The van der Waals surface area contributed by atoms with Crippen LogP contribution in [0.25, 0.3) is 11.1 Å². The lowest BCUT2D eigenvalue weighted by atomic mass is 9.78. The van der Waals surface area contributed by atoms with Crippen molar-refractivity contribution >= 4 is 10.0 Å². The molecule has 0 radical (unpaired) electrons. The molecule has 2 atom stereocenters. The predicted molar refractivity (Wildman–Crippen MR) is 134 cm³/mol. The van der Waals surface area contributed by atoms with Gasteiger partial charge in [0.15, 0.2) is 0 Å². The number of rotatable bonds is 7. The van der Waals surface area contributed by atoms with Gasteiger partial charge in [-0.15, -0.1) is 0 Å². The Labute approximate surface area is 205 Å². The first kappa shape index (κ1) is 23.9. The number of benzene rings is 2. The minimum atomic E-state index is -4.15. The summed E-state index contributed by atoms with van der Waals surface area (Å²) in [6.07, 6.45) is 2.97. The van der Waals surface area contributed by atoms with E-state index in [0.29, 0.717) is 30.5 Å². The van der Waals surface area contributed by atoms with Crippen LogP contribution in [0.3, 0.4) is 0 Å². The Morgan fingerprint density at radius 3 is 2.51 bits per heavy atom. The molecule has 35 heavy (non-hydrogen) atoms. The molecule has 2 aliphatic carbocycles. The number of hydrogen-bond acceptors (Lipinski definition) is 4. The smallest absolute Gasteiger partial charge is 0.257 e. The Morgan fingerprint density at radius 2 is 1.83 bits per heavy atom. The molecule has 0 bridgehead atoms. The van der Waals surface area contributed by atoms with E-state index in [2.05, 4.69) is 15.8 Å². The average molecular weight is 496 g/mol. The molecule has 1 saturated carbocycles. The molecule has 0 spiro atoms. The summed E-state index contributed by atoms with van der Waals surface area (Å²) in [7, 11) is -4.15. The lowest BCUT2D eigenvalue weighted by Crippen LogP contribution is -2.48. The predicted octanol–water partition coefficient (Wildman–Crippen LogP) is 4.51. The summed E-state index contributed by atoms with van der Waals surface area (Å²) in [5.74, 6) is -0.451. The van der Waals surface area contributed by atoms with Crippen molar-refractivity contribution in [3.8, 4) is 11.1 Å². The zero-order chi connectivity index (χ0) is 24.8. The van der Waals surface area contributed by atoms with Gasteiger partial charge in [0.1, 0.15) is 0 Å². The zero-order valence-electron chi connectivity index (χ0n) is 19.9. The second-order valence-electron chi connectivity index (χ2n) is 9.94. The molecule has 1 heterocycles. The Balaban J connectivity index is 1.56. The number of fused-ring (bicyclic) bond motifs is 1. The summed E-state index contributed by atoms with van der Waals surface area (Å²) in [6.45, 7) is 3.83. The lowest BCUT2D eigenvalue weighted by molar-refractivity contribution is 0.372. The van der Waals surface area contributed by atoms with Crippen LogP contribution in [-0.4, -0.2) is 29.0 Å². The summed E-state index contributed by atoms with van der Waals surface area (Å²) >= 11 is 0. The number of nitrogens with zero attached hydrogens (tertiary/aromatic N) is 2. The molecule has 0 saturated heterocycles. The number of alkyl halides is 1. The molecule has 0 aliphatic heterocycles. The highest BCUT2D eigenvalue weighted by atomic mass is 32.2. The molecule has 5 rings (SSSR count). The zero-order valence-corrected chi connectivity index (χ0v) is 20.8. The van der Waals surface area contributed by atoms with Crippen molar-refractivity contribution in [3.63, 3.8) is 0 Å². The Morgan fingerprint density at radius 1 is 1.11 bits per heavy atom. The first-order valence-corrected chi connectivity index (χ1v) is 13.6. The van der Waals surface area contributed by atoms with E-state index >= 15 is 0 Å². The normalized spacial score (nSPS) is 21.0. The SMILES string of the molecule is CC(C)n1cnc2c(c1=O)C(Cc1cccc(-c3ccccc3)c1)C(NS(=O)(=O)C1(F)CC1)CC2. The van der Waals surface area contributed by atoms with E-state index in [1.54, 1.807) is 10.9 Å². The fourth-order valence-electron chi connectivity index (χ4n) is 4.97. The maximum Gasteiger partial charge on any atom is 0.257 e. The van der Waals surface area contributed by atoms with Gasteiger partial charge in [-0.25, -0.2) is 22.5 Å². The molecule has 2 unspecified atom stereocenters. The molecular weight excluding hydrogens is 465 g/mol. The van der Waals surface area contributed by atoms with Crippen molar-refractivity contribution in [3.05, 3.63) is 88.1 Å². The minimum absolute atomic E-state index is 0.0111. The average Bonchev–Trinajstić information content (AvgIpc) is 3.60. The van der Waals surface area contributed by atoms with Gasteiger partial charge >= 0.3 is 0 Å². The summed E-state index contributed by atoms with van der Waals surface area (Å²) in [5, 5.41) is -2.20. The lowest BCUT2D eigenvalue weighted by Gasteiger charge is -2.34. The number of aromatic nitrogens is 2. The molecule has 1 fully saturated rings. The molecule has 1 N–H and O–H groups in total. The second-order valence-corrected chi connectivity index (χ2v) is 11.9. The highest BCUT2D eigenvalue weighted by Crippen LogP contribution is 2.45. The number of hydrogen-bond donors (Lipinski definition) is 1. The van der Waals surface area contributed by atoms with Crippen LogP contribution in [-0.2, 0) is 22.9 Å². The first-order valence-electron chi connectivity index (χ1n) is 12.1. The van der Waals surface area contributed by atoms with Crippen molar-refractivity contribution in [2.75, 3.05) is 0 Å². The van der Waals surface area contributed by atoms with Crippen LogP contribution in [0, 0.1) is 0 Å². The van der Waals surface area contributed by atoms with Crippen LogP contribution in [0.2, 0.25) is 0 Å². The fraction of sp³-hybridized carbons (Fsp3) is 0.407. The highest BCUT2D eigenvalue weighted by molar-refractivity contribution is 7.91. The first-order chi connectivity index (χ1) is 16.7. The summed E-state index contributed by atoms with van der Waals surface area (Å²) in [6, 6.07) is 17.4. The van der Waals surface area contributed by atoms with E-state index in [0.717, 1.165) is 16.7 Å². The topological polar surface area (TPSA) is 81.1 Å². The van der Waals surface area contributed by atoms with Crippen molar-refractivity contribution in [1.82, 2.24) is 14.3 Å². The maximum atomic E-state index is 14.6. The third kappa shape index (κ3) is 4.57. The minimum Gasteiger partial charge on any atom is -0.296 e. The standard InChI is InChI=1S/C27H30FN3O3S/c1-18(2)31-17-29-24-12-11-23(30-35(33,34)27(28)13-14-27)22(25(24)26(31)32)16-19-7-6-10-21(15-19)20-8-4-3-5-9-20/h3-10,15,17-18,22-23,30H,11-14,16H2,1-2H3. The number of aryl methyl sites for hydroxylation is 1. The van der Waals surface area contributed by atoms with Crippen LogP contribution in [0.5, 0.6) is 0 Å². The second kappa shape index (κ2) is 8.99. The molecule has 2 aromatic carbocycles. The van der Waals surface area contributed by atoms with E-state index in [-0.39, 0.29) is 24.4 Å². The van der Waals surface area contributed by atoms with Gasteiger partial charge in [-0.3, -0.25) is 9.36 Å². The molecule has 2 aliphatic rings. The van der Waals surface area contributed by atoms with E-state index in [9.17, 15) is 17.6 Å². The molecule has 0 amide bonds. The Hall–Kier alpha value is -2.84. The van der Waals surface area contributed by atoms with Gasteiger partial charge in [-0.1, -0.05) is 54.6 Å². The fourth-order valence-corrected chi connectivity index (χ4v) is 6.50. The van der Waals surface area contributed by atoms with Gasteiger partial charge in [0.2, 0.25) is 15.0 Å². The van der Waals surface area contributed by atoms with Crippen molar-refractivity contribution < 1.29 is 12.8 Å². The van der Waals surface area contributed by atoms with E-state index < -0.39 is 27.0 Å². The van der Waals surface area contributed by atoms with Crippen LogP contribution < -0.4 is 10.3 Å². The van der Waals surface area contributed by atoms with Crippen molar-refractivity contribution in [2.24, 2.45) is 0 Å². The quantitative estimate of drug-likeness (QED) is 0.523. The van der Waals surface area contributed by atoms with Gasteiger partial charge < -0.3 is 0 Å². The number of nitrogens with one attached hydrogen (secondary N) is 1. The van der Waals surface area contributed by atoms with Gasteiger partial charge in [0.25, 0.3) is 5.56 Å². The van der Waals surface area contributed by atoms with Crippen molar-refractivity contribution in [1.29, 1.82) is 0 Å². The van der Waals surface area contributed by atoms with Crippen LogP contribution in [0.1, 0.15) is 61.9 Å². The summed E-state index contributed by atoms with van der Waals surface area (Å²) in [5.41, 5.74) is 4.19. The number of sulfonamides is 1. The van der Waals surface area contributed by atoms with Crippen LogP contribution in [0.15, 0.2) is 65.7 Å². The monoisotopic (exact) mass is 495 g/mol. The summed E-state index contributed by atoms with van der Waals surface area (Å²) < 4.78 is 44.5. The third-order valence-corrected chi connectivity index (χ3v) is 9.12. The van der Waals surface area contributed by atoms with Crippen molar-refractivity contribution in [2.45, 2.75) is 69.0 Å². The third-order valence-electron chi connectivity index (χ3n) is 7.14. The van der Waals surface area contributed by atoms with Gasteiger partial charge in [0.05, 0.1) is 12.0 Å². The summed E-state index contributed by atoms with van der Waals surface area (Å²) in [4.78, 5) is 18.1. The molecule has 1 aromatic heterocycles. The largest absolute Gasteiger partial charge is 0.296 e. The van der Waals surface area contributed by atoms with E-state index in [1.807, 2.05) is 62.4 Å². The van der Waals surface area contributed by atoms with E-state index in [1.165, 1.54) is 0 Å². The van der Waals surface area contributed by atoms with E-state index in [4.69, 9.17) is 0 Å². The van der Waals surface area contributed by atoms with Gasteiger partial charge in [-0.05, 0) is 49.8 Å². The van der Waals surface area contributed by atoms with Gasteiger partial charge in [-0.2, -0.15) is 0 Å².